The molecule has 4 aromatic rings. The van der Waals surface area contributed by atoms with Crippen LogP contribution >= 0.6 is 11.6 Å². The molecule has 0 atom stereocenters. The fourth-order valence-corrected chi connectivity index (χ4v) is 4.92. The third-order valence-corrected chi connectivity index (χ3v) is 6.92. The van der Waals surface area contributed by atoms with E-state index < -0.39 is 0 Å². The number of hydrogen-bond acceptors (Lipinski definition) is 4. The van der Waals surface area contributed by atoms with E-state index in [4.69, 9.17) is 11.6 Å². The molecule has 1 fully saturated rings. The van der Waals surface area contributed by atoms with Crippen molar-refractivity contribution in [3.05, 3.63) is 77.7 Å². The van der Waals surface area contributed by atoms with Gasteiger partial charge in [0.2, 0.25) is 0 Å². The lowest BCUT2D eigenvalue weighted by atomic mass is 10.0. The summed E-state index contributed by atoms with van der Waals surface area (Å²) < 4.78 is 2.33. The van der Waals surface area contributed by atoms with Crippen LogP contribution < -0.4 is 0 Å². The lowest BCUT2D eigenvalue weighted by molar-refractivity contribution is 0.151. The molecule has 2 aromatic heterocycles. The third kappa shape index (κ3) is 4.85. The number of rotatable bonds is 6. The van der Waals surface area contributed by atoms with Crippen molar-refractivity contribution >= 4 is 22.5 Å². The molecule has 1 saturated heterocycles. The van der Waals surface area contributed by atoms with Gasteiger partial charge in [0.15, 0.2) is 0 Å². The topological polar surface area (TPSA) is 48.1 Å². The van der Waals surface area contributed by atoms with Gasteiger partial charge in [-0.2, -0.15) is 5.26 Å². The SMILES string of the molecule is CN1CCN(CCCn2cc(-c3cncc(-c4cccc(Cl)c4)c3)c3cc(C#N)ccc32)CC1. The summed E-state index contributed by atoms with van der Waals surface area (Å²) in [6.07, 6.45) is 7.07. The normalized spacial score (nSPS) is 15.0. The van der Waals surface area contributed by atoms with E-state index in [2.05, 4.69) is 50.8 Å². The molecule has 0 radical (unpaired) electrons. The number of aromatic nitrogens is 2. The Bertz CT molecular complexity index is 1340. The van der Waals surface area contributed by atoms with Crippen LogP contribution in [0.1, 0.15) is 12.0 Å². The summed E-state index contributed by atoms with van der Waals surface area (Å²) in [6, 6.07) is 18.2. The van der Waals surface area contributed by atoms with E-state index in [1.165, 1.54) is 0 Å². The Kier molecular flexibility index (Phi) is 6.64. The molecule has 5 nitrogen and oxygen atoms in total. The van der Waals surface area contributed by atoms with E-state index in [1.807, 2.05) is 48.8 Å². The number of aryl methyl sites for hydroxylation is 1. The van der Waals surface area contributed by atoms with Gasteiger partial charge in [-0.3, -0.25) is 4.98 Å². The molecule has 34 heavy (non-hydrogen) atoms. The Hall–Kier alpha value is -3.17. The minimum Gasteiger partial charge on any atom is -0.347 e. The first kappa shape index (κ1) is 22.6. The molecule has 0 unspecified atom stereocenters. The number of benzene rings is 2. The third-order valence-electron chi connectivity index (χ3n) is 6.69. The van der Waals surface area contributed by atoms with E-state index in [1.54, 1.807) is 0 Å². The van der Waals surface area contributed by atoms with Crippen molar-refractivity contribution in [1.29, 1.82) is 5.26 Å². The minimum absolute atomic E-state index is 0.669. The highest BCUT2D eigenvalue weighted by Crippen LogP contribution is 2.33. The van der Waals surface area contributed by atoms with E-state index in [0.29, 0.717) is 10.6 Å². The largest absolute Gasteiger partial charge is 0.347 e. The van der Waals surface area contributed by atoms with E-state index in [-0.39, 0.29) is 0 Å². The smallest absolute Gasteiger partial charge is 0.0991 e. The maximum absolute atomic E-state index is 9.50. The van der Waals surface area contributed by atoms with Crippen LogP contribution in [0.5, 0.6) is 0 Å². The highest BCUT2D eigenvalue weighted by Gasteiger charge is 2.15. The molecule has 5 rings (SSSR count). The number of hydrogen-bond donors (Lipinski definition) is 0. The van der Waals surface area contributed by atoms with Gasteiger partial charge in [-0.15, -0.1) is 0 Å². The van der Waals surface area contributed by atoms with Gasteiger partial charge in [-0.1, -0.05) is 23.7 Å². The van der Waals surface area contributed by atoms with Crippen LogP contribution in [0, 0.1) is 11.3 Å². The average Bonchev–Trinajstić information content (AvgIpc) is 3.23. The van der Waals surface area contributed by atoms with Gasteiger partial charge in [0, 0.05) is 83.9 Å². The second-order valence-corrected chi connectivity index (χ2v) is 9.49. The maximum atomic E-state index is 9.50. The highest BCUT2D eigenvalue weighted by atomic mass is 35.5. The number of likely N-dealkylation sites (N-methyl/N-ethyl adjacent to an activating group) is 1. The second kappa shape index (κ2) is 9.99. The number of halogens is 1. The van der Waals surface area contributed by atoms with Crippen molar-refractivity contribution in [2.45, 2.75) is 13.0 Å². The summed E-state index contributed by atoms with van der Waals surface area (Å²) in [5.41, 5.74) is 6.02. The number of nitriles is 1. The highest BCUT2D eigenvalue weighted by molar-refractivity contribution is 6.30. The van der Waals surface area contributed by atoms with E-state index >= 15 is 0 Å². The Balaban J connectivity index is 1.45. The lowest BCUT2D eigenvalue weighted by Crippen LogP contribution is -2.44. The van der Waals surface area contributed by atoms with Crippen LogP contribution in [0.15, 0.2) is 67.1 Å². The van der Waals surface area contributed by atoms with Gasteiger partial charge in [0.1, 0.15) is 0 Å². The Morgan fingerprint density at radius 2 is 1.76 bits per heavy atom. The molecule has 172 valence electrons. The van der Waals surface area contributed by atoms with Crippen molar-refractivity contribution in [3.8, 4) is 28.3 Å². The first-order valence-electron chi connectivity index (χ1n) is 11.8. The van der Waals surface area contributed by atoms with E-state index in [9.17, 15) is 5.26 Å². The monoisotopic (exact) mass is 469 g/mol. The molecule has 3 heterocycles. The van der Waals surface area contributed by atoms with Gasteiger partial charge in [0.25, 0.3) is 0 Å². The zero-order valence-corrected chi connectivity index (χ0v) is 20.2. The van der Waals surface area contributed by atoms with Crippen LogP contribution in [0.4, 0.5) is 0 Å². The predicted octanol–water partition coefficient (Wildman–Crippen LogP) is 5.53. The summed E-state index contributed by atoms with van der Waals surface area (Å²) in [5, 5.41) is 11.3. The predicted molar refractivity (Wildman–Crippen MR) is 139 cm³/mol. The van der Waals surface area contributed by atoms with Crippen LogP contribution in [-0.4, -0.2) is 59.1 Å². The fraction of sp³-hybridized carbons (Fsp3) is 0.286. The zero-order valence-electron chi connectivity index (χ0n) is 19.4. The zero-order chi connectivity index (χ0) is 23.5. The Morgan fingerprint density at radius 3 is 2.56 bits per heavy atom. The second-order valence-electron chi connectivity index (χ2n) is 9.05. The minimum atomic E-state index is 0.669. The summed E-state index contributed by atoms with van der Waals surface area (Å²) in [6.45, 7) is 6.61. The fourth-order valence-electron chi connectivity index (χ4n) is 4.73. The molecular weight excluding hydrogens is 442 g/mol. The number of nitrogens with zero attached hydrogens (tertiary/aromatic N) is 5. The maximum Gasteiger partial charge on any atom is 0.0991 e. The molecule has 1 aliphatic heterocycles. The molecule has 1 aliphatic rings. The number of piperazine rings is 1. The van der Waals surface area contributed by atoms with Gasteiger partial charge in [-0.25, -0.2) is 0 Å². The van der Waals surface area contributed by atoms with Crippen molar-refractivity contribution < 1.29 is 0 Å². The summed E-state index contributed by atoms with van der Waals surface area (Å²) >= 11 is 6.22. The Morgan fingerprint density at radius 1 is 0.941 bits per heavy atom. The van der Waals surface area contributed by atoms with Crippen LogP contribution in [-0.2, 0) is 6.54 Å². The first-order chi connectivity index (χ1) is 16.6. The van der Waals surface area contributed by atoms with Crippen molar-refractivity contribution in [1.82, 2.24) is 19.4 Å². The number of fused-ring (bicyclic) bond motifs is 1. The van der Waals surface area contributed by atoms with Crippen molar-refractivity contribution in [2.24, 2.45) is 0 Å². The van der Waals surface area contributed by atoms with Gasteiger partial charge >= 0.3 is 0 Å². The molecule has 0 spiro atoms. The lowest BCUT2D eigenvalue weighted by Gasteiger charge is -2.32. The molecule has 6 heteroatoms. The van der Waals surface area contributed by atoms with Crippen molar-refractivity contribution in [2.75, 3.05) is 39.8 Å². The Labute approximate surface area is 205 Å². The molecular formula is C28H28ClN5. The van der Waals surface area contributed by atoms with Gasteiger partial charge in [-0.05, 0) is 62.0 Å². The first-order valence-corrected chi connectivity index (χ1v) is 12.1. The summed E-state index contributed by atoms with van der Waals surface area (Å²) in [5.74, 6) is 0. The molecule has 2 aromatic carbocycles. The quantitative estimate of drug-likeness (QED) is 0.372. The van der Waals surface area contributed by atoms with Crippen LogP contribution in [0.2, 0.25) is 5.02 Å². The molecule has 0 bridgehead atoms. The van der Waals surface area contributed by atoms with Gasteiger partial charge in [0.05, 0.1) is 11.6 Å². The van der Waals surface area contributed by atoms with Crippen LogP contribution in [0.25, 0.3) is 33.2 Å². The van der Waals surface area contributed by atoms with E-state index in [0.717, 1.165) is 78.8 Å². The average molecular weight is 470 g/mol. The van der Waals surface area contributed by atoms with Crippen LogP contribution in [0.3, 0.4) is 0 Å². The van der Waals surface area contributed by atoms with Gasteiger partial charge < -0.3 is 14.4 Å². The molecule has 0 saturated carbocycles. The molecule has 0 amide bonds. The summed E-state index contributed by atoms with van der Waals surface area (Å²) in [4.78, 5) is 9.47. The molecule has 0 aliphatic carbocycles. The van der Waals surface area contributed by atoms with Crippen molar-refractivity contribution in [3.63, 3.8) is 0 Å². The standard InChI is InChI=1S/C28H28ClN5/c1-32-10-12-33(13-11-32)8-3-9-34-20-27(26-14-21(17-30)6-7-28(26)34)24-15-23(18-31-19-24)22-4-2-5-25(29)16-22/h2,4-7,14-16,18-20H,3,8-13H2,1H3. The summed E-state index contributed by atoms with van der Waals surface area (Å²) in [7, 11) is 2.19. The molecule has 0 N–H and O–H groups in total. The number of pyridine rings is 1.